The van der Waals surface area contributed by atoms with E-state index in [-0.39, 0.29) is 43.4 Å². The van der Waals surface area contributed by atoms with Crippen LogP contribution in [0.1, 0.15) is 25.0 Å². The van der Waals surface area contributed by atoms with Crippen LogP contribution in [-0.4, -0.2) is 100.0 Å². The number of halogens is 6. The third-order valence-corrected chi connectivity index (χ3v) is 8.15. The number of aliphatic hydroxyl groups is 2. The van der Waals surface area contributed by atoms with E-state index in [1.54, 1.807) is 0 Å². The van der Waals surface area contributed by atoms with Crippen molar-refractivity contribution >= 4 is 63.7 Å². The minimum absolute atomic E-state index is 0. The molecule has 2 unspecified atom stereocenters. The topological polar surface area (TPSA) is 58.9 Å². The molecule has 12 heteroatoms. The highest BCUT2D eigenvalue weighted by Crippen LogP contribution is 2.44. The first-order chi connectivity index (χ1) is 16.8. The monoisotopic (exact) mass is 842 g/mol. The maximum atomic E-state index is 10.3. The minimum atomic E-state index is -0.570. The van der Waals surface area contributed by atoms with Gasteiger partial charge in [-0.25, -0.2) is 0 Å². The van der Waals surface area contributed by atoms with E-state index in [2.05, 4.69) is 102 Å². The van der Waals surface area contributed by atoms with Crippen molar-refractivity contribution in [1.29, 1.82) is 0 Å². The highest BCUT2D eigenvalue weighted by Gasteiger charge is 2.28. The molecule has 2 rings (SSSR count). The summed E-state index contributed by atoms with van der Waals surface area (Å²) in [5.41, 5.74) is 1.81. The molecule has 2 aromatic rings. The minimum Gasteiger partial charge on any atom is -1.00 e. The lowest BCUT2D eigenvalue weighted by Gasteiger charge is -2.29. The van der Waals surface area contributed by atoms with Gasteiger partial charge in [0.05, 0.1) is 60.2 Å². The maximum absolute atomic E-state index is 10.3. The molecular formula is C27H40Br4Cl2N2O4. The summed E-state index contributed by atoms with van der Waals surface area (Å²) in [6, 6.07) is 8.22. The lowest BCUT2D eigenvalue weighted by molar-refractivity contribution is -0.873. The van der Waals surface area contributed by atoms with E-state index >= 15 is 0 Å². The summed E-state index contributed by atoms with van der Waals surface area (Å²) < 4.78 is 16.5. The van der Waals surface area contributed by atoms with E-state index in [0.717, 1.165) is 29.0 Å². The van der Waals surface area contributed by atoms with Crippen molar-refractivity contribution in [1.82, 2.24) is 0 Å². The van der Waals surface area contributed by atoms with Crippen molar-refractivity contribution in [2.24, 2.45) is 0 Å². The molecule has 0 saturated carbocycles. The van der Waals surface area contributed by atoms with Gasteiger partial charge in [-0.2, -0.15) is 0 Å². The molecule has 6 nitrogen and oxygen atoms in total. The first-order valence-corrected chi connectivity index (χ1v) is 15.2. The summed E-state index contributed by atoms with van der Waals surface area (Å²) in [6.45, 7) is 5.93. The van der Waals surface area contributed by atoms with E-state index in [1.807, 2.05) is 42.3 Å². The Morgan fingerprint density at radius 1 is 0.641 bits per heavy atom. The van der Waals surface area contributed by atoms with Gasteiger partial charge in [0.1, 0.15) is 50.0 Å². The molecule has 0 aromatic heterocycles. The Bertz CT molecular complexity index is 963. The Morgan fingerprint density at radius 3 is 1.13 bits per heavy atom. The Hall–Kier alpha value is 0.380. The van der Waals surface area contributed by atoms with Crippen LogP contribution >= 0.6 is 63.7 Å². The van der Waals surface area contributed by atoms with Gasteiger partial charge in [-0.1, -0.05) is 13.8 Å². The van der Waals surface area contributed by atoms with Crippen LogP contribution in [0, 0.1) is 0 Å². The number of quaternary nitrogens is 2. The zero-order chi connectivity index (χ0) is 28.3. The normalized spacial score (nSPS) is 13.7. The predicted octanol–water partition coefficient (Wildman–Crippen LogP) is -0.0377. The molecule has 0 fully saturated rings. The Kier molecular flexibility index (Phi) is 15.9. The van der Waals surface area contributed by atoms with Crippen molar-refractivity contribution < 1.29 is 53.5 Å². The molecule has 0 spiro atoms. The van der Waals surface area contributed by atoms with Crippen LogP contribution in [0.5, 0.6) is 11.5 Å². The second-order valence-corrected chi connectivity index (χ2v) is 15.5. The van der Waals surface area contributed by atoms with Gasteiger partial charge in [-0.15, -0.1) is 0 Å². The third-order valence-electron chi connectivity index (χ3n) is 5.80. The van der Waals surface area contributed by atoms with Gasteiger partial charge in [-0.05, 0) is 99.1 Å². The number of hydrogen-bond acceptors (Lipinski definition) is 4. The molecule has 0 heterocycles. The summed E-state index contributed by atoms with van der Waals surface area (Å²) in [5.74, 6) is 1.33. The van der Waals surface area contributed by atoms with Crippen molar-refractivity contribution in [3.63, 3.8) is 0 Å². The first-order valence-electron chi connectivity index (χ1n) is 12.0. The average Bonchev–Trinajstić information content (AvgIpc) is 2.69. The van der Waals surface area contributed by atoms with Crippen LogP contribution in [0.3, 0.4) is 0 Å². The van der Waals surface area contributed by atoms with Crippen LogP contribution in [0.15, 0.2) is 42.2 Å². The summed E-state index contributed by atoms with van der Waals surface area (Å²) >= 11 is 14.7. The number of nitrogens with zero attached hydrogens (tertiary/aromatic N) is 2. The number of likely N-dealkylation sites (N-methyl/N-ethyl adjacent to an activating group) is 2. The van der Waals surface area contributed by atoms with Crippen molar-refractivity contribution in [2.45, 2.75) is 31.5 Å². The Balaban J connectivity index is 0.00000722. The molecule has 0 aliphatic carbocycles. The lowest BCUT2D eigenvalue weighted by atomic mass is 9.78. The van der Waals surface area contributed by atoms with E-state index < -0.39 is 12.2 Å². The molecule has 39 heavy (non-hydrogen) atoms. The standard InChI is InChI=1S/C27H40Br4N2O4.2ClH/c1-27(2,17-9-21(28)25(22(29)10-17)36-15-19(34)13-32(3,4)5)18-11-23(30)26(24(31)12-18)37-16-20(35)14-33(6,7)8;;/h9-12,19-20,34-35H,13-16H2,1-8H3;2*1H/q+2;;/p-2. The molecule has 224 valence electrons. The van der Waals surface area contributed by atoms with Gasteiger partial charge in [0.2, 0.25) is 0 Å². The van der Waals surface area contributed by atoms with Crippen molar-refractivity contribution in [3.05, 3.63) is 53.3 Å². The summed E-state index contributed by atoms with van der Waals surface area (Å²) in [5, 5.41) is 20.7. The molecule has 0 radical (unpaired) electrons. The summed E-state index contributed by atoms with van der Waals surface area (Å²) in [7, 11) is 12.2. The molecule has 2 aromatic carbocycles. The zero-order valence-corrected chi connectivity index (χ0v) is 31.5. The third kappa shape index (κ3) is 12.3. The van der Waals surface area contributed by atoms with Gasteiger partial charge in [0, 0.05) is 5.41 Å². The Labute approximate surface area is 279 Å². The lowest BCUT2D eigenvalue weighted by Crippen LogP contribution is -3.00. The Morgan fingerprint density at radius 2 is 0.897 bits per heavy atom. The number of aliphatic hydroxyl groups excluding tert-OH is 2. The largest absolute Gasteiger partial charge is 1.00 e. The summed E-state index contributed by atoms with van der Waals surface area (Å²) in [6.07, 6.45) is -1.14. The number of rotatable bonds is 12. The van der Waals surface area contributed by atoms with E-state index in [4.69, 9.17) is 9.47 Å². The fraction of sp³-hybridized carbons (Fsp3) is 0.556. The number of ether oxygens (including phenoxy) is 2. The number of hydrogen-bond donors (Lipinski definition) is 2. The van der Waals surface area contributed by atoms with Crippen LogP contribution < -0.4 is 34.3 Å². The first kappa shape index (κ1) is 39.4. The van der Waals surface area contributed by atoms with Crippen molar-refractivity contribution in [2.75, 3.05) is 68.6 Å². The molecular weight excluding hydrogens is 807 g/mol. The molecule has 0 saturated heterocycles. The quantitative estimate of drug-likeness (QED) is 0.295. The average molecular weight is 847 g/mol. The van der Waals surface area contributed by atoms with Gasteiger partial charge in [-0.3, -0.25) is 0 Å². The predicted molar refractivity (Wildman–Crippen MR) is 165 cm³/mol. The fourth-order valence-corrected chi connectivity index (χ4v) is 6.84. The van der Waals surface area contributed by atoms with Gasteiger partial charge in [0.25, 0.3) is 0 Å². The second-order valence-electron chi connectivity index (χ2n) is 12.0. The van der Waals surface area contributed by atoms with Crippen LogP contribution in [0.2, 0.25) is 0 Å². The SMILES string of the molecule is CC(C)(c1cc(Br)c(OCC(O)C[N+](C)(C)C)c(Br)c1)c1cc(Br)c(OCC(O)C[N+](C)(C)C)c(Br)c1.[Cl-].[Cl-]. The molecule has 0 aliphatic rings. The molecule has 0 bridgehead atoms. The zero-order valence-electron chi connectivity index (χ0n) is 23.7. The van der Waals surface area contributed by atoms with Crippen molar-refractivity contribution in [3.8, 4) is 11.5 Å². The second kappa shape index (κ2) is 15.7. The van der Waals surface area contributed by atoms with Gasteiger partial charge >= 0.3 is 0 Å². The summed E-state index contributed by atoms with van der Waals surface area (Å²) in [4.78, 5) is 0. The molecule has 0 aliphatic heterocycles. The van der Waals surface area contributed by atoms with Gasteiger partial charge in [0.15, 0.2) is 0 Å². The molecule has 0 amide bonds. The van der Waals surface area contributed by atoms with E-state index in [1.165, 1.54) is 0 Å². The molecule has 2 atom stereocenters. The molecule has 2 N–H and O–H groups in total. The van der Waals surface area contributed by atoms with Gasteiger partial charge < -0.3 is 53.5 Å². The van der Waals surface area contributed by atoms with Crippen LogP contribution in [0.25, 0.3) is 0 Å². The fourth-order valence-electron chi connectivity index (χ4n) is 4.01. The van der Waals surface area contributed by atoms with E-state index in [0.29, 0.717) is 33.6 Å². The number of benzene rings is 2. The van der Waals surface area contributed by atoms with Crippen LogP contribution in [0.4, 0.5) is 0 Å². The maximum Gasteiger partial charge on any atom is 0.147 e. The smallest absolute Gasteiger partial charge is 0.147 e. The van der Waals surface area contributed by atoms with E-state index in [9.17, 15) is 10.2 Å². The highest BCUT2D eigenvalue weighted by molar-refractivity contribution is 9.11. The highest BCUT2D eigenvalue weighted by atomic mass is 79.9. The van der Waals surface area contributed by atoms with Crippen LogP contribution in [-0.2, 0) is 5.41 Å².